The predicted molar refractivity (Wildman–Crippen MR) is 96.6 cm³/mol. The number of tetrazole rings is 1. The summed E-state index contributed by atoms with van der Waals surface area (Å²) in [6.45, 7) is 10.8. The lowest BCUT2D eigenvalue weighted by atomic mass is 10.0. The SMILES string of the molecule is CCN1CCc2c(sc3c2c(NCCC(C)C)nc2nnnn23)C1. The second-order valence-corrected chi connectivity index (χ2v) is 7.85. The minimum Gasteiger partial charge on any atom is -0.369 e. The molecule has 0 saturated carbocycles. The van der Waals surface area contributed by atoms with Crippen molar-refractivity contribution in [3.05, 3.63) is 10.4 Å². The Morgan fingerprint density at radius 1 is 1.33 bits per heavy atom. The molecule has 4 rings (SSSR count). The number of hydrogen-bond donors (Lipinski definition) is 1. The molecule has 0 aliphatic carbocycles. The van der Waals surface area contributed by atoms with Crippen LogP contribution in [0.4, 0.5) is 5.82 Å². The summed E-state index contributed by atoms with van der Waals surface area (Å²) < 4.78 is 1.78. The zero-order chi connectivity index (χ0) is 16.7. The van der Waals surface area contributed by atoms with E-state index in [4.69, 9.17) is 0 Å². The summed E-state index contributed by atoms with van der Waals surface area (Å²) in [6, 6.07) is 0. The van der Waals surface area contributed by atoms with Gasteiger partial charge in [0.05, 0.1) is 5.39 Å². The first-order valence-electron chi connectivity index (χ1n) is 8.66. The Bertz CT molecular complexity index is 866. The molecular weight excluding hydrogens is 322 g/mol. The number of thiophene rings is 1. The van der Waals surface area contributed by atoms with Gasteiger partial charge in [0.25, 0.3) is 5.78 Å². The molecule has 0 bridgehead atoms. The number of rotatable bonds is 5. The number of nitrogens with one attached hydrogen (secondary N) is 1. The van der Waals surface area contributed by atoms with Crippen LogP contribution in [0.15, 0.2) is 0 Å². The Morgan fingerprint density at radius 2 is 2.21 bits per heavy atom. The first-order valence-corrected chi connectivity index (χ1v) is 9.47. The van der Waals surface area contributed by atoms with Crippen LogP contribution in [-0.4, -0.2) is 49.6 Å². The molecule has 4 heterocycles. The quantitative estimate of drug-likeness (QED) is 0.766. The molecule has 0 saturated heterocycles. The van der Waals surface area contributed by atoms with Gasteiger partial charge in [-0.15, -0.1) is 11.3 Å². The number of likely N-dealkylation sites (N-methyl/N-ethyl adjacent to an activating group) is 1. The van der Waals surface area contributed by atoms with Crippen LogP contribution in [0, 0.1) is 5.92 Å². The molecule has 0 radical (unpaired) electrons. The normalized spacial score (nSPS) is 15.5. The van der Waals surface area contributed by atoms with Gasteiger partial charge >= 0.3 is 0 Å². The average Bonchev–Trinajstić information content (AvgIpc) is 3.17. The fourth-order valence-corrected chi connectivity index (χ4v) is 4.59. The minimum absolute atomic E-state index is 0.570. The third-order valence-corrected chi connectivity index (χ3v) is 5.87. The highest BCUT2D eigenvalue weighted by Crippen LogP contribution is 2.38. The van der Waals surface area contributed by atoms with E-state index in [0.717, 1.165) is 49.7 Å². The van der Waals surface area contributed by atoms with Crippen molar-refractivity contribution in [3.63, 3.8) is 0 Å². The Hall–Kier alpha value is -1.80. The van der Waals surface area contributed by atoms with Gasteiger partial charge in [0.15, 0.2) is 0 Å². The molecule has 1 aliphatic rings. The molecule has 0 aromatic carbocycles. The molecule has 24 heavy (non-hydrogen) atoms. The maximum Gasteiger partial charge on any atom is 0.276 e. The van der Waals surface area contributed by atoms with E-state index in [1.807, 2.05) is 0 Å². The van der Waals surface area contributed by atoms with Crippen LogP contribution < -0.4 is 5.32 Å². The minimum atomic E-state index is 0.570. The molecule has 3 aromatic heterocycles. The van der Waals surface area contributed by atoms with Crippen LogP contribution in [-0.2, 0) is 13.0 Å². The fraction of sp³-hybridized carbons (Fsp3) is 0.625. The van der Waals surface area contributed by atoms with E-state index in [2.05, 4.69) is 51.5 Å². The van der Waals surface area contributed by atoms with E-state index in [0.29, 0.717) is 11.7 Å². The van der Waals surface area contributed by atoms with Gasteiger partial charge in [-0.1, -0.05) is 25.9 Å². The average molecular weight is 345 g/mol. The lowest BCUT2D eigenvalue weighted by Gasteiger charge is -2.25. The van der Waals surface area contributed by atoms with Gasteiger partial charge in [0.1, 0.15) is 10.6 Å². The van der Waals surface area contributed by atoms with Gasteiger partial charge in [-0.2, -0.15) is 9.50 Å². The standard InChI is InChI=1S/C16H23N7S/c1-4-22-8-6-11-12(9-22)24-15-13(11)14(17-7-5-10(2)3)18-16-19-20-21-23(15)16/h10H,4-9H2,1-3H3,(H,17,18,19,21). The first-order chi connectivity index (χ1) is 11.7. The maximum atomic E-state index is 4.69. The van der Waals surface area contributed by atoms with Crippen molar-refractivity contribution in [1.82, 2.24) is 29.9 Å². The third-order valence-electron chi connectivity index (χ3n) is 4.67. The zero-order valence-electron chi connectivity index (χ0n) is 14.4. The summed E-state index contributed by atoms with van der Waals surface area (Å²) in [5, 5.41) is 16.8. The molecule has 8 heteroatoms. The van der Waals surface area contributed by atoms with E-state index in [1.54, 1.807) is 15.9 Å². The van der Waals surface area contributed by atoms with E-state index in [-0.39, 0.29) is 0 Å². The van der Waals surface area contributed by atoms with Crippen LogP contribution in [0.2, 0.25) is 0 Å². The van der Waals surface area contributed by atoms with Crippen molar-refractivity contribution < 1.29 is 0 Å². The molecule has 1 N–H and O–H groups in total. The molecule has 3 aromatic rings. The number of nitrogens with zero attached hydrogens (tertiary/aromatic N) is 6. The predicted octanol–water partition coefficient (Wildman–Crippen LogP) is 2.57. The highest BCUT2D eigenvalue weighted by molar-refractivity contribution is 7.19. The number of fused-ring (bicyclic) bond motifs is 5. The van der Waals surface area contributed by atoms with Crippen molar-refractivity contribution in [2.75, 3.05) is 25.0 Å². The van der Waals surface area contributed by atoms with Crippen molar-refractivity contribution in [1.29, 1.82) is 0 Å². The van der Waals surface area contributed by atoms with Gasteiger partial charge < -0.3 is 5.32 Å². The lowest BCUT2D eigenvalue weighted by Crippen LogP contribution is -2.29. The van der Waals surface area contributed by atoms with Crippen molar-refractivity contribution in [3.8, 4) is 0 Å². The summed E-state index contributed by atoms with van der Waals surface area (Å²) in [7, 11) is 0. The van der Waals surface area contributed by atoms with Crippen LogP contribution in [0.5, 0.6) is 0 Å². The highest BCUT2D eigenvalue weighted by atomic mass is 32.1. The Kier molecular flexibility index (Phi) is 4.09. The molecule has 7 nitrogen and oxygen atoms in total. The van der Waals surface area contributed by atoms with E-state index >= 15 is 0 Å². The van der Waals surface area contributed by atoms with E-state index < -0.39 is 0 Å². The third kappa shape index (κ3) is 2.63. The molecule has 128 valence electrons. The van der Waals surface area contributed by atoms with Gasteiger partial charge in [0.2, 0.25) is 0 Å². The molecule has 1 aliphatic heterocycles. The fourth-order valence-electron chi connectivity index (χ4n) is 3.25. The first kappa shape index (κ1) is 15.7. The molecule has 0 atom stereocenters. The van der Waals surface area contributed by atoms with Crippen molar-refractivity contribution in [2.24, 2.45) is 5.92 Å². The monoisotopic (exact) mass is 345 g/mol. The topological polar surface area (TPSA) is 71.2 Å². The summed E-state index contributed by atoms with van der Waals surface area (Å²) in [5.41, 5.74) is 1.43. The van der Waals surface area contributed by atoms with Crippen LogP contribution in [0.25, 0.3) is 16.0 Å². The maximum absolute atomic E-state index is 4.69. The van der Waals surface area contributed by atoms with Gasteiger partial charge in [-0.05, 0) is 41.3 Å². The van der Waals surface area contributed by atoms with Gasteiger partial charge in [-0.3, -0.25) is 4.90 Å². The van der Waals surface area contributed by atoms with Gasteiger partial charge in [0, 0.05) is 24.5 Å². The molecule has 0 spiro atoms. The van der Waals surface area contributed by atoms with Crippen LogP contribution >= 0.6 is 11.3 Å². The summed E-state index contributed by atoms with van der Waals surface area (Å²) in [4.78, 5) is 9.71. The lowest BCUT2D eigenvalue weighted by molar-refractivity contribution is 0.272. The van der Waals surface area contributed by atoms with E-state index in [1.165, 1.54) is 15.8 Å². The Balaban J connectivity index is 1.82. The zero-order valence-corrected chi connectivity index (χ0v) is 15.2. The second kappa shape index (κ2) is 6.25. The second-order valence-electron chi connectivity index (χ2n) is 6.76. The highest BCUT2D eigenvalue weighted by Gasteiger charge is 2.25. The van der Waals surface area contributed by atoms with Crippen molar-refractivity contribution >= 4 is 33.1 Å². The van der Waals surface area contributed by atoms with Crippen LogP contribution in [0.1, 0.15) is 37.6 Å². The van der Waals surface area contributed by atoms with Gasteiger partial charge in [-0.25, -0.2) is 0 Å². The number of anilines is 1. The van der Waals surface area contributed by atoms with E-state index in [9.17, 15) is 0 Å². The molecule has 0 amide bonds. The summed E-state index contributed by atoms with van der Waals surface area (Å²) >= 11 is 1.81. The summed E-state index contributed by atoms with van der Waals surface area (Å²) in [6.07, 6.45) is 2.19. The van der Waals surface area contributed by atoms with Crippen molar-refractivity contribution in [2.45, 2.75) is 40.2 Å². The Labute approximate surface area is 145 Å². The largest absolute Gasteiger partial charge is 0.369 e. The Morgan fingerprint density at radius 3 is 3.00 bits per heavy atom. The molecule has 0 fully saturated rings. The molecular formula is C16H23N7S. The smallest absolute Gasteiger partial charge is 0.276 e. The summed E-state index contributed by atoms with van der Waals surface area (Å²) in [5.74, 6) is 2.18. The number of aromatic nitrogens is 5. The molecule has 0 unspecified atom stereocenters. The van der Waals surface area contributed by atoms with Crippen LogP contribution in [0.3, 0.4) is 0 Å². The number of hydrogen-bond acceptors (Lipinski definition) is 7.